The van der Waals surface area contributed by atoms with Gasteiger partial charge in [-0.2, -0.15) is 8.78 Å². The quantitative estimate of drug-likeness (QED) is 0.0290. The molecule has 0 bridgehead atoms. The van der Waals surface area contributed by atoms with E-state index in [2.05, 4.69) is 10.1 Å². The number of likely N-dealkylation sites (N-methyl/N-ethyl adjacent to an activating group) is 1. The van der Waals surface area contributed by atoms with E-state index in [9.17, 15) is 36.7 Å². The van der Waals surface area contributed by atoms with Crippen molar-refractivity contribution < 1.29 is 41.5 Å². The molecule has 0 saturated heterocycles. The van der Waals surface area contributed by atoms with Gasteiger partial charge in [0.2, 0.25) is 29.2 Å². The zero-order valence-corrected chi connectivity index (χ0v) is 30.8. The molecule has 2 aromatic heterocycles. The number of hydrogen-bond donors (Lipinski definition) is 1. The van der Waals surface area contributed by atoms with Crippen molar-refractivity contribution in [2.24, 2.45) is 11.8 Å². The van der Waals surface area contributed by atoms with E-state index in [1.165, 1.54) is 0 Å². The lowest BCUT2D eigenvalue weighted by molar-refractivity contribution is -0.135. The van der Waals surface area contributed by atoms with E-state index in [-0.39, 0.29) is 48.5 Å². The van der Waals surface area contributed by atoms with Crippen LogP contribution < -0.4 is 15.0 Å². The van der Waals surface area contributed by atoms with E-state index < -0.39 is 35.0 Å². The number of aryl methyl sites for hydroxylation is 1. The van der Waals surface area contributed by atoms with Gasteiger partial charge in [0.15, 0.2) is 17.4 Å². The number of rotatable bonds is 17. The molecule has 8 nitrogen and oxygen atoms in total. The third-order valence-corrected chi connectivity index (χ3v) is 10.7. The highest BCUT2D eigenvalue weighted by Crippen LogP contribution is 2.34. The number of amides is 2. The molecule has 2 heterocycles. The van der Waals surface area contributed by atoms with E-state index >= 15 is 0 Å². The number of ether oxygens (including phenoxy) is 1. The predicted octanol–water partition coefficient (Wildman–Crippen LogP) is 9.06. The molecule has 1 N–H and O–H groups in total. The van der Waals surface area contributed by atoms with E-state index in [0.717, 1.165) is 53.6 Å². The Bertz CT molecular complexity index is 1910. The number of fused-ring (bicyclic) bond motifs is 1. The van der Waals surface area contributed by atoms with Crippen molar-refractivity contribution in [1.29, 1.82) is 0 Å². The number of Topliss-reactive ketones (excluding diaryl/α,β-unsaturated/α-hetero) is 1. The van der Waals surface area contributed by atoms with Crippen LogP contribution in [-0.4, -0.2) is 41.2 Å². The number of ketones is 1. The van der Waals surface area contributed by atoms with Gasteiger partial charge in [0, 0.05) is 43.6 Å². The molecule has 53 heavy (non-hydrogen) atoms. The van der Waals surface area contributed by atoms with Crippen LogP contribution in [0.4, 0.5) is 23.2 Å². The number of unbranched alkanes of at least 4 members (excludes halogenated alkanes) is 4. The number of thiophene rings is 1. The monoisotopic (exact) mass is 755 g/mol. The topological polar surface area (TPSA) is 97.7 Å². The third kappa shape index (κ3) is 10.1. The van der Waals surface area contributed by atoms with Crippen LogP contribution in [0.5, 0.6) is 5.75 Å². The van der Waals surface area contributed by atoms with Gasteiger partial charge >= 0.3 is 5.97 Å². The molecule has 0 radical (unpaired) electrons. The number of anilines is 1. The van der Waals surface area contributed by atoms with Gasteiger partial charge in [-0.25, -0.2) is 8.78 Å². The molecule has 0 aliphatic heterocycles. The number of halogens is 4. The van der Waals surface area contributed by atoms with Gasteiger partial charge in [-0.15, -0.1) is 11.3 Å². The molecule has 1 fully saturated rings. The van der Waals surface area contributed by atoms with E-state index in [1.54, 1.807) is 16.2 Å². The molecule has 4 aromatic rings. The Morgan fingerprint density at radius 2 is 1.60 bits per heavy atom. The van der Waals surface area contributed by atoms with Crippen molar-refractivity contribution in [2.75, 3.05) is 18.0 Å². The van der Waals surface area contributed by atoms with Gasteiger partial charge in [0.1, 0.15) is 6.54 Å². The van der Waals surface area contributed by atoms with Crippen molar-refractivity contribution in [1.82, 2.24) is 9.88 Å². The van der Waals surface area contributed by atoms with Gasteiger partial charge < -0.3 is 19.5 Å². The molecule has 1 saturated carbocycles. The van der Waals surface area contributed by atoms with Crippen molar-refractivity contribution >= 4 is 50.8 Å². The Labute approximate surface area is 310 Å². The highest BCUT2D eigenvalue weighted by molar-refractivity contribution is 7.17. The van der Waals surface area contributed by atoms with E-state index in [0.29, 0.717) is 50.9 Å². The van der Waals surface area contributed by atoms with Gasteiger partial charge in [-0.3, -0.25) is 19.2 Å². The van der Waals surface area contributed by atoms with Crippen molar-refractivity contribution in [3.63, 3.8) is 0 Å². The first-order valence-corrected chi connectivity index (χ1v) is 19.1. The smallest absolute Gasteiger partial charge is 0.311 e. The SMILES string of the molecule is CCN(C(=O)Cn1c(C(=O)CC2CCC(C(=O)NCCCCCCCC(=O)Oc3c(F)c(F)cc(F)c3F)CC2)cc2sccc21)c1cccc(C)c1. The van der Waals surface area contributed by atoms with Gasteiger partial charge in [0.05, 0.1) is 15.9 Å². The minimum atomic E-state index is -1.76. The molecule has 0 unspecified atom stereocenters. The Morgan fingerprint density at radius 1 is 0.906 bits per heavy atom. The number of hydrogen-bond acceptors (Lipinski definition) is 6. The Hall–Kier alpha value is -4.52. The first kappa shape index (κ1) is 39.7. The summed E-state index contributed by atoms with van der Waals surface area (Å²) in [6.07, 6.45) is 6.40. The first-order valence-electron chi connectivity index (χ1n) is 18.2. The van der Waals surface area contributed by atoms with Gasteiger partial charge in [-0.1, -0.05) is 31.4 Å². The van der Waals surface area contributed by atoms with Crippen LogP contribution in [0.15, 0.2) is 47.8 Å². The highest BCUT2D eigenvalue weighted by Gasteiger charge is 2.29. The van der Waals surface area contributed by atoms with Crippen LogP contribution in [0.25, 0.3) is 10.2 Å². The molecule has 0 atom stereocenters. The van der Waals surface area contributed by atoms with Crippen molar-refractivity contribution in [3.05, 3.63) is 82.4 Å². The van der Waals surface area contributed by atoms with Gasteiger partial charge in [-0.05, 0) is 93.5 Å². The van der Waals surface area contributed by atoms with Crippen LogP contribution in [0.3, 0.4) is 0 Å². The molecule has 0 spiro atoms. The second-order valence-electron chi connectivity index (χ2n) is 13.7. The fraction of sp³-hybridized carbons (Fsp3) is 0.450. The standard InChI is InChI=1S/C40H45F4N3O5S/c1-3-46(28-11-9-10-25(2)20-28)35(49)24-47-31-17-19-53-34(31)23-32(47)33(48)21-26-13-15-27(16-14-26)40(51)45-18-8-6-4-5-7-12-36(50)52-39-37(43)29(41)22-30(42)38(39)44/h9-11,17,19-20,22-23,26-27H,3-8,12-16,18,21,24H2,1-2H3,(H,45,51). The summed E-state index contributed by atoms with van der Waals surface area (Å²) < 4.78 is 61.3. The third-order valence-electron chi connectivity index (χ3n) is 9.87. The average molecular weight is 756 g/mol. The minimum absolute atomic E-state index is 0.00693. The summed E-state index contributed by atoms with van der Waals surface area (Å²) in [5.41, 5.74) is 3.32. The number of carbonyl (C=O) groups is 4. The molecule has 1 aliphatic carbocycles. The molecule has 2 aromatic carbocycles. The molecule has 284 valence electrons. The largest absolute Gasteiger partial charge is 0.420 e. The maximum Gasteiger partial charge on any atom is 0.311 e. The lowest BCUT2D eigenvalue weighted by Gasteiger charge is -2.27. The maximum absolute atomic E-state index is 13.7. The molecular formula is C40H45F4N3O5S. The summed E-state index contributed by atoms with van der Waals surface area (Å²) in [5, 5.41) is 4.97. The summed E-state index contributed by atoms with van der Waals surface area (Å²) in [5.74, 6) is -9.19. The number of nitrogens with one attached hydrogen (secondary N) is 1. The summed E-state index contributed by atoms with van der Waals surface area (Å²) >= 11 is 1.54. The van der Waals surface area contributed by atoms with Crippen LogP contribution in [0.1, 0.15) is 93.6 Å². The number of carbonyl (C=O) groups excluding carboxylic acids is 4. The van der Waals surface area contributed by atoms with E-state index in [4.69, 9.17) is 0 Å². The molecule has 5 rings (SSSR count). The molecule has 1 aliphatic rings. The van der Waals surface area contributed by atoms with Crippen LogP contribution in [0, 0.1) is 42.0 Å². The van der Waals surface area contributed by atoms with Crippen molar-refractivity contribution in [2.45, 2.75) is 91.0 Å². The number of benzene rings is 2. The van der Waals surface area contributed by atoms with Crippen molar-refractivity contribution in [3.8, 4) is 5.75 Å². The van der Waals surface area contributed by atoms with Crippen LogP contribution in [-0.2, 0) is 20.9 Å². The second kappa shape index (κ2) is 18.5. The summed E-state index contributed by atoms with van der Waals surface area (Å²) in [4.78, 5) is 53.7. The Kier molecular flexibility index (Phi) is 13.8. The van der Waals surface area contributed by atoms with Crippen LogP contribution >= 0.6 is 11.3 Å². The minimum Gasteiger partial charge on any atom is -0.420 e. The fourth-order valence-electron chi connectivity index (χ4n) is 6.98. The maximum atomic E-state index is 13.7. The average Bonchev–Trinajstić information content (AvgIpc) is 3.73. The summed E-state index contributed by atoms with van der Waals surface area (Å²) in [6.45, 7) is 5.02. The Balaban J connectivity index is 0.999. The summed E-state index contributed by atoms with van der Waals surface area (Å²) in [7, 11) is 0. The predicted molar refractivity (Wildman–Crippen MR) is 196 cm³/mol. The van der Waals surface area contributed by atoms with Crippen LogP contribution in [0.2, 0.25) is 0 Å². The highest BCUT2D eigenvalue weighted by atomic mass is 32.1. The lowest BCUT2D eigenvalue weighted by atomic mass is 9.79. The molecular weight excluding hydrogens is 711 g/mol. The molecule has 2 amide bonds. The second-order valence-corrected chi connectivity index (χ2v) is 14.6. The molecule has 13 heteroatoms. The number of aromatic nitrogens is 1. The number of esters is 1. The van der Waals surface area contributed by atoms with Gasteiger partial charge in [0.25, 0.3) is 0 Å². The normalized spacial score (nSPS) is 15.7. The fourth-order valence-corrected chi connectivity index (χ4v) is 7.80. The van der Waals surface area contributed by atoms with E-state index in [1.807, 2.05) is 60.2 Å². The Morgan fingerprint density at radius 3 is 2.30 bits per heavy atom. The lowest BCUT2D eigenvalue weighted by Crippen LogP contribution is -2.35. The summed E-state index contributed by atoms with van der Waals surface area (Å²) in [6, 6.07) is 11.7. The zero-order chi connectivity index (χ0) is 38.1. The zero-order valence-electron chi connectivity index (χ0n) is 30.0. The number of nitrogens with zero attached hydrogens (tertiary/aromatic N) is 2. The first-order chi connectivity index (χ1) is 25.5.